The Balaban J connectivity index is 1.51. The van der Waals surface area contributed by atoms with Gasteiger partial charge >= 0.3 is 0 Å². The number of fused-ring (bicyclic) bond motifs is 3. The van der Waals surface area contributed by atoms with Crippen LogP contribution in [0.3, 0.4) is 0 Å². The second-order valence-electron chi connectivity index (χ2n) is 6.80. The molecule has 4 atom stereocenters. The van der Waals surface area contributed by atoms with Gasteiger partial charge in [0.15, 0.2) is 5.78 Å². The van der Waals surface area contributed by atoms with Gasteiger partial charge in [0, 0.05) is 25.5 Å². The molecule has 2 saturated carbocycles. The van der Waals surface area contributed by atoms with Crippen molar-refractivity contribution >= 4 is 11.7 Å². The average molecular weight is 315 g/mol. The molecule has 5 heteroatoms. The maximum Gasteiger partial charge on any atom is 0.223 e. The van der Waals surface area contributed by atoms with Crippen molar-refractivity contribution < 1.29 is 19.1 Å². The standard InChI is InChI=1S/C18H21NO4/c1-22-9-8-19-17(21)15-12-6-7-18(16(12)15)10-13(20)11-4-2-3-5-14(11)23-18/h2-5,12,15-16H,6-10H2,1H3,(H,19,21)/t12-,15+,16+,18+/m0/s1. The minimum Gasteiger partial charge on any atom is -0.486 e. The molecule has 23 heavy (non-hydrogen) atoms. The normalized spacial score (nSPS) is 33.8. The van der Waals surface area contributed by atoms with Crippen LogP contribution in [0.5, 0.6) is 5.75 Å². The van der Waals surface area contributed by atoms with Crippen LogP contribution < -0.4 is 10.1 Å². The topological polar surface area (TPSA) is 64.6 Å². The van der Waals surface area contributed by atoms with E-state index in [4.69, 9.17) is 9.47 Å². The first kappa shape index (κ1) is 14.7. The molecule has 0 aromatic heterocycles. The number of ether oxygens (including phenoxy) is 2. The van der Waals surface area contributed by atoms with Crippen LogP contribution in [0.15, 0.2) is 24.3 Å². The lowest BCUT2D eigenvalue weighted by Crippen LogP contribution is -2.44. The number of amides is 1. The Morgan fingerprint density at radius 3 is 3.09 bits per heavy atom. The third-order valence-corrected chi connectivity index (χ3v) is 5.55. The fourth-order valence-corrected chi connectivity index (χ4v) is 4.51. The summed E-state index contributed by atoms with van der Waals surface area (Å²) < 4.78 is 11.3. The minimum atomic E-state index is -0.473. The van der Waals surface area contributed by atoms with Crippen LogP contribution in [-0.4, -0.2) is 37.6 Å². The number of ketones is 1. The smallest absolute Gasteiger partial charge is 0.223 e. The first-order valence-corrected chi connectivity index (χ1v) is 8.24. The molecule has 4 rings (SSSR count). The van der Waals surface area contributed by atoms with Crippen molar-refractivity contribution in [2.75, 3.05) is 20.3 Å². The summed E-state index contributed by atoms with van der Waals surface area (Å²) in [6.07, 6.45) is 2.22. The highest BCUT2D eigenvalue weighted by Crippen LogP contribution is 2.65. The summed E-state index contributed by atoms with van der Waals surface area (Å²) in [7, 11) is 1.62. The lowest BCUT2D eigenvalue weighted by atomic mass is 9.84. The van der Waals surface area contributed by atoms with Crippen molar-refractivity contribution in [2.45, 2.75) is 24.9 Å². The monoisotopic (exact) mass is 315 g/mol. The van der Waals surface area contributed by atoms with Gasteiger partial charge in [-0.1, -0.05) is 12.1 Å². The lowest BCUT2D eigenvalue weighted by Gasteiger charge is -2.37. The molecular weight excluding hydrogens is 294 g/mol. The van der Waals surface area contributed by atoms with E-state index in [0.29, 0.717) is 36.8 Å². The molecule has 2 fully saturated rings. The van der Waals surface area contributed by atoms with Crippen LogP contribution >= 0.6 is 0 Å². The van der Waals surface area contributed by atoms with E-state index < -0.39 is 5.60 Å². The zero-order chi connectivity index (χ0) is 16.0. The molecule has 1 aromatic rings. The summed E-state index contributed by atoms with van der Waals surface area (Å²) in [6, 6.07) is 7.43. The van der Waals surface area contributed by atoms with Gasteiger partial charge in [-0.3, -0.25) is 9.59 Å². The van der Waals surface area contributed by atoms with E-state index in [1.807, 2.05) is 24.3 Å². The van der Waals surface area contributed by atoms with Crippen molar-refractivity contribution in [2.24, 2.45) is 17.8 Å². The summed E-state index contributed by atoms with van der Waals surface area (Å²) in [5.41, 5.74) is 0.197. The van der Waals surface area contributed by atoms with Gasteiger partial charge in [-0.2, -0.15) is 0 Å². The number of carbonyl (C=O) groups excluding carboxylic acids is 2. The van der Waals surface area contributed by atoms with E-state index in [0.717, 1.165) is 12.8 Å². The number of nitrogens with one attached hydrogen (secondary N) is 1. The Kier molecular flexibility index (Phi) is 3.41. The molecule has 1 heterocycles. The molecule has 2 aliphatic carbocycles. The summed E-state index contributed by atoms with van der Waals surface area (Å²) in [5.74, 6) is 1.40. The minimum absolute atomic E-state index is 0.0151. The Morgan fingerprint density at radius 1 is 1.43 bits per heavy atom. The van der Waals surface area contributed by atoms with Crippen molar-refractivity contribution in [3.63, 3.8) is 0 Å². The molecule has 1 aromatic carbocycles. The summed E-state index contributed by atoms with van der Waals surface area (Å²) in [5, 5.41) is 2.92. The Hall–Kier alpha value is -1.88. The van der Waals surface area contributed by atoms with Crippen LogP contribution in [0.1, 0.15) is 29.6 Å². The molecule has 5 nitrogen and oxygen atoms in total. The zero-order valence-electron chi connectivity index (χ0n) is 13.2. The number of carbonyl (C=O) groups is 2. The van der Waals surface area contributed by atoms with Gasteiger partial charge in [-0.25, -0.2) is 0 Å². The largest absolute Gasteiger partial charge is 0.486 e. The third kappa shape index (κ3) is 2.26. The van der Waals surface area contributed by atoms with E-state index >= 15 is 0 Å². The fraction of sp³-hybridized carbons (Fsp3) is 0.556. The number of Topliss-reactive ketones (excluding diaryl/α,β-unsaturated/α-hetero) is 1. The third-order valence-electron chi connectivity index (χ3n) is 5.55. The average Bonchev–Trinajstić information content (AvgIpc) is 3.20. The molecule has 1 spiro atoms. The predicted octanol–water partition coefficient (Wildman–Crippen LogP) is 1.81. The molecule has 1 amide bonds. The van der Waals surface area contributed by atoms with Crippen molar-refractivity contribution in [1.29, 1.82) is 0 Å². The van der Waals surface area contributed by atoms with Crippen LogP contribution in [0.4, 0.5) is 0 Å². The van der Waals surface area contributed by atoms with Gasteiger partial charge in [0.2, 0.25) is 5.91 Å². The number of methoxy groups -OCH3 is 1. The van der Waals surface area contributed by atoms with Crippen molar-refractivity contribution in [1.82, 2.24) is 5.32 Å². The highest BCUT2D eigenvalue weighted by molar-refractivity contribution is 6.00. The molecule has 3 aliphatic rings. The van der Waals surface area contributed by atoms with Gasteiger partial charge in [-0.05, 0) is 30.9 Å². The number of hydrogen-bond acceptors (Lipinski definition) is 4. The van der Waals surface area contributed by atoms with Crippen LogP contribution in [0, 0.1) is 17.8 Å². The quantitative estimate of drug-likeness (QED) is 0.861. The molecule has 122 valence electrons. The fourth-order valence-electron chi connectivity index (χ4n) is 4.51. The first-order valence-electron chi connectivity index (χ1n) is 8.24. The predicted molar refractivity (Wildman–Crippen MR) is 83.3 cm³/mol. The number of para-hydroxylation sites is 1. The maximum atomic E-state index is 12.5. The van der Waals surface area contributed by atoms with Gasteiger partial charge < -0.3 is 14.8 Å². The van der Waals surface area contributed by atoms with E-state index in [1.165, 1.54) is 0 Å². The molecule has 0 bridgehead atoms. The van der Waals surface area contributed by atoms with E-state index in [1.54, 1.807) is 7.11 Å². The lowest BCUT2D eigenvalue weighted by molar-refractivity contribution is -0.124. The summed E-state index contributed by atoms with van der Waals surface area (Å²) in [6.45, 7) is 1.04. The Labute approximate surface area is 135 Å². The van der Waals surface area contributed by atoms with E-state index in [9.17, 15) is 9.59 Å². The van der Waals surface area contributed by atoms with Crippen molar-refractivity contribution in [3.8, 4) is 5.75 Å². The maximum absolute atomic E-state index is 12.5. The SMILES string of the molecule is COCCNC(=O)[C@@H]1[C@@H]2CC[C@@]3(CC(=O)c4ccccc4O3)[C@H]21. The molecular formula is C18H21NO4. The van der Waals surface area contributed by atoms with E-state index in [-0.39, 0.29) is 23.5 Å². The number of rotatable bonds is 4. The van der Waals surface area contributed by atoms with Crippen LogP contribution in [0.25, 0.3) is 0 Å². The molecule has 1 N–H and O–H groups in total. The van der Waals surface area contributed by atoms with Gasteiger partial charge in [0.1, 0.15) is 11.4 Å². The van der Waals surface area contributed by atoms with Gasteiger partial charge in [0.25, 0.3) is 0 Å². The summed E-state index contributed by atoms with van der Waals surface area (Å²) >= 11 is 0. The van der Waals surface area contributed by atoms with Crippen LogP contribution in [-0.2, 0) is 9.53 Å². The molecule has 1 aliphatic heterocycles. The van der Waals surface area contributed by atoms with E-state index in [2.05, 4.69) is 5.32 Å². The van der Waals surface area contributed by atoms with Gasteiger partial charge in [-0.15, -0.1) is 0 Å². The highest BCUT2D eigenvalue weighted by Gasteiger charge is 2.70. The molecule has 0 saturated heterocycles. The zero-order valence-corrected chi connectivity index (χ0v) is 13.2. The molecule has 0 unspecified atom stereocenters. The highest BCUT2D eigenvalue weighted by atomic mass is 16.5. The second-order valence-corrected chi connectivity index (χ2v) is 6.80. The first-order chi connectivity index (χ1) is 11.2. The van der Waals surface area contributed by atoms with Gasteiger partial charge in [0.05, 0.1) is 18.6 Å². The molecule has 0 radical (unpaired) electrons. The second kappa shape index (κ2) is 5.34. The summed E-state index contributed by atoms with van der Waals surface area (Å²) in [4.78, 5) is 24.8. The Bertz CT molecular complexity index is 658. The van der Waals surface area contributed by atoms with Crippen molar-refractivity contribution in [3.05, 3.63) is 29.8 Å². The number of benzene rings is 1. The number of hydrogen-bond donors (Lipinski definition) is 1. The van der Waals surface area contributed by atoms with Crippen LogP contribution in [0.2, 0.25) is 0 Å². The Morgan fingerprint density at radius 2 is 2.26 bits per heavy atom.